The second kappa shape index (κ2) is 8.72. The van der Waals surface area contributed by atoms with Gasteiger partial charge in [-0.3, -0.25) is 9.59 Å². The molecule has 1 fully saturated rings. The van der Waals surface area contributed by atoms with Crippen LogP contribution in [0, 0.1) is 25.7 Å². The van der Waals surface area contributed by atoms with Gasteiger partial charge in [0.15, 0.2) is 0 Å². The Morgan fingerprint density at radius 1 is 1.14 bits per heavy atom. The van der Waals surface area contributed by atoms with Crippen LogP contribution in [0.1, 0.15) is 56.5 Å². The lowest BCUT2D eigenvalue weighted by Gasteiger charge is -2.34. The topological polar surface area (TPSA) is 72.2 Å². The molecule has 3 unspecified atom stereocenters. The standard InChI is InChI=1S/C23H30N2O3/c1-14-8-10-18(11-9-14)23-25-21(17(4)28-23)12-19(26)13-22(27)24-20-7-5-6-15(2)16(20)3/h8-11,15-16,20H,5-7,12-13H2,1-4H3,(H,24,27). The minimum Gasteiger partial charge on any atom is -0.441 e. The number of Topliss-reactive ketones (excluding diaryl/α,β-unsaturated/α-hetero) is 1. The number of nitrogens with zero attached hydrogens (tertiary/aromatic N) is 1. The van der Waals surface area contributed by atoms with Crippen molar-refractivity contribution in [3.8, 4) is 11.5 Å². The van der Waals surface area contributed by atoms with Crippen LogP contribution in [0.15, 0.2) is 28.7 Å². The third kappa shape index (κ3) is 4.89. The maximum Gasteiger partial charge on any atom is 0.227 e. The van der Waals surface area contributed by atoms with Gasteiger partial charge < -0.3 is 9.73 Å². The summed E-state index contributed by atoms with van der Waals surface area (Å²) in [5, 5.41) is 3.06. The van der Waals surface area contributed by atoms with Crippen molar-refractivity contribution in [3.63, 3.8) is 0 Å². The van der Waals surface area contributed by atoms with E-state index in [1.54, 1.807) is 6.92 Å². The molecule has 28 heavy (non-hydrogen) atoms. The Labute approximate surface area is 166 Å². The second-order valence-electron chi connectivity index (χ2n) is 8.22. The van der Waals surface area contributed by atoms with Crippen molar-refractivity contribution in [1.29, 1.82) is 0 Å². The normalized spacial score (nSPS) is 22.1. The Balaban J connectivity index is 1.57. The number of hydrogen-bond acceptors (Lipinski definition) is 4. The first-order valence-electron chi connectivity index (χ1n) is 10.2. The molecule has 1 aromatic heterocycles. The lowest BCUT2D eigenvalue weighted by molar-refractivity contribution is -0.128. The summed E-state index contributed by atoms with van der Waals surface area (Å²) in [6, 6.07) is 8.07. The molecule has 2 aromatic rings. The highest BCUT2D eigenvalue weighted by Gasteiger charge is 2.28. The van der Waals surface area contributed by atoms with Crippen LogP contribution < -0.4 is 5.32 Å². The molecule has 1 amide bonds. The van der Waals surface area contributed by atoms with E-state index in [4.69, 9.17) is 4.42 Å². The van der Waals surface area contributed by atoms with Gasteiger partial charge in [-0.25, -0.2) is 4.98 Å². The van der Waals surface area contributed by atoms with Gasteiger partial charge in [0, 0.05) is 11.6 Å². The summed E-state index contributed by atoms with van der Waals surface area (Å²) in [4.78, 5) is 29.2. The van der Waals surface area contributed by atoms with E-state index in [0.29, 0.717) is 29.2 Å². The number of ketones is 1. The first kappa shape index (κ1) is 20.3. The van der Waals surface area contributed by atoms with Gasteiger partial charge in [-0.05, 0) is 44.2 Å². The number of rotatable bonds is 6. The van der Waals surface area contributed by atoms with Crippen molar-refractivity contribution in [1.82, 2.24) is 10.3 Å². The molecule has 1 aromatic carbocycles. The highest BCUT2D eigenvalue weighted by atomic mass is 16.4. The molecule has 5 nitrogen and oxygen atoms in total. The van der Waals surface area contributed by atoms with E-state index in [2.05, 4.69) is 24.1 Å². The third-order valence-electron chi connectivity index (χ3n) is 5.97. The van der Waals surface area contributed by atoms with E-state index in [1.165, 1.54) is 6.42 Å². The number of benzene rings is 1. The van der Waals surface area contributed by atoms with E-state index >= 15 is 0 Å². The summed E-state index contributed by atoms with van der Waals surface area (Å²) in [6.07, 6.45) is 3.34. The number of aromatic nitrogens is 1. The molecule has 5 heteroatoms. The number of aryl methyl sites for hydroxylation is 2. The molecule has 1 aliphatic rings. The third-order valence-corrected chi connectivity index (χ3v) is 5.97. The van der Waals surface area contributed by atoms with Crippen LogP contribution in [0.5, 0.6) is 0 Å². The summed E-state index contributed by atoms with van der Waals surface area (Å²) >= 11 is 0. The maximum absolute atomic E-state index is 12.4. The molecule has 3 atom stereocenters. The monoisotopic (exact) mass is 382 g/mol. The maximum atomic E-state index is 12.4. The zero-order chi connectivity index (χ0) is 20.3. The van der Waals surface area contributed by atoms with Gasteiger partial charge in [0.2, 0.25) is 11.8 Å². The molecule has 0 radical (unpaired) electrons. The molecule has 1 saturated carbocycles. The predicted molar refractivity (Wildman–Crippen MR) is 109 cm³/mol. The fraction of sp³-hybridized carbons (Fsp3) is 0.522. The number of carbonyl (C=O) groups is 2. The van der Waals surface area contributed by atoms with E-state index in [0.717, 1.165) is 24.0 Å². The van der Waals surface area contributed by atoms with Crippen LogP contribution in [0.25, 0.3) is 11.5 Å². The van der Waals surface area contributed by atoms with Crippen molar-refractivity contribution < 1.29 is 14.0 Å². The van der Waals surface area contributed by atoms with Gasteiger partial charge in [-0.1, -0.05) is 44.4 Å². The Kier molecular flexibility index (Phi) is 6.32. The van der Waals surface area contributed by atoms with Crippen LogP contribution in [-0.4, -0.2) is 22.7 Å². The van der Waals surface area contributed by atoms with Crippen LogP contribution in [0.2, 0.25) is 0 Å². The van der Waals surface area contributed by atoms with Crippen LogP contribution in [0.4, 0.5) is 0 Å². The van der Waals surface area contributed by atoms with Crippen LogP contribution in [0.3, 0.4) is 0 Å². The molecule has 1 heterocycles. The number of amides is 1. The lowest BCUT2D eigenvalue weighted by Crippen LogP contribution is -2.44. The molecule has 3 rings (SSSR count). The summed E-state index contributed by atoms with van der Waals surface area (Å²) in [7, 11) is 0. The first-order chi connectivity index (χ1) is 13.3. The Bertz CT molecular complexity index is 838. The van der Waals surface area contributed by atoms with E-state index < -0.39 is 0 Å². The minimum absolute atomic E-state index is 0.107. The van der Waals surface area contributed by atoms with Gasteiger partial charge in [0.25, 0.3) is 0 Å². The Hall–Kier alpha value is -2.43. The average molecular weight is 383 g/mol. The number of oxazole rings is 1. The van der Waals surface area contributed by atoms with Gasteiger partial charge in [0.05, 0.1) is 18.5 Å². The fourth-order valence-corrected chi connectivity index (χ4v) is 3.88. The Morgan fingerprint density at radius 3 is 2.57 bits per heavy atom. The fourth-order valence-electron chi connectivity index (χ4n) is 3.88. The van der Waals surface area contributed by atoms with E-state index in [9.17, 15) is 9.59 Å². The number of hydrogen-bond donors (Lipinski definition) is 1. The number of carbonyl (C=O) groups excluding carboxylic acids is 2. The second-order valence-corrected chi connectivity index (χ2v) is 8.22. The molecular weight excluding hydrogens is 352 g/mol. The highest BCUT2D eigenvalue weighted by molar-refractivity contribution is 5.98. The summed E-state index contributed by atoms with van der Waals surface area (Å²) < 4.78 is 5.73. The first-order valence-corrected chi connectivity index (χ1v) is 10.2. The van der Waals surface area contributed by atoms with Gasteiger partial charge >= 0.3 is 0 Å². The zero-order valence-corrected chi connectivity index (χ0v) is 17.2. The zero-order valence-electron chi connectivity index (χ0n) is 17.2. The van der Waals surface area contributed by atoms with E-state index in [1.807, 2.05) is 31.2 Å². The smallest absolute Gasteiger partial charge is 0.227 e. The van der Waals surface area contributed by atoms with Gasteiger partial charge in [-0.15, -0.1) is 0 Å². The molecule has 1 N–H and O–H groups in total. The van der Waals surface area contributed by atoms with Crippen molar-refractivity contribution in [2.24, 2.45) is 11.8 Å². The van der Waals surface area contributed by atoms with E-state index in [-0.39, 0.29) is 30.6 Å². The van der Waals surface area contributed by atoms with Crippen molar-refractivity contribution in [3.05, 3.63) is 41.3 Å². The molecule has 1 aliphatic carbocycles. The predicted octanol–water partition coefficient (Wildman–Crippen LogP) is 4.40. The SMILES string of the molecule is Cc1ccc(-c2nc(CC(=O)CC(=O)NC3CCCC(C)C3C)c(C)o2)cc1. The molecule has 0 spiro atoms. The van der Waals surface area contributed by atoms with Gasteiger partial charge in [0.1, 0.15) is 11.5 Å². The quantitative estimate of drug-likeness (QED) is 0.752. The molecule has 150 valence electrons. The van der Waals surface area contributed by atoms with Crippen molar-refractivity contribution >= 4 is 11.7 Å². The summed E-state index contributed by atoms with van der Waals surface area (Å²) in [5.41, 5.74) is 2.65. The largest absolute Gasteiger partial charge is 0.441 e. The Morgan fingerprint density at radius 2 is 1.86 bits per heavy atom. The molecule has 0 aliphatic heterocycles. The van der Waals surface area contributed by atoms with Crippen molar-refractivity contribution in [2.75, 3.05) is 0 Å². The molecule has 0 bridgehead atoms. The summed E-state index contributed by atoms with van der Waals surface area (Å²) in [6.45, 7) is 8.24. The summed E-state index contributed by atoms with van der Waals surface area (Å²) in [5.74, 6) is 1.86. The van der Waals surface area contributed by atoms with Crippen LogP contribution in [-0.2, 0) is 16.0 Å². The highest BCUT2D eigenvalue weighted by Crippen LogP contribution is 2.29. The molecular formula is C23H30N2O3. The van der Waals surface area contributed by atoms with Crippen LogP contribution >= 0.6 is 0 Å². The number of nitrogens with one attached hydrogen (secondary N) is 1. The van der Waals surface area contributed by atoms with Crippen molar-refractivity contribution in [2.45, 2.75) is 65.8 Å². The minimum atomic E-state index is -0.184. The molecule has 0 saturated heterocycles. The van der Waals surface area contributed by atoms with Gasteiger partial charge in [-0.2, -0.15) is 0 Å². The average Bonchev–Trinajstić information content (AvgIpc) is 3.00. The lowest BCUT2D eigenvalue weighted by atomic mass is 9.78.